The van der Waals surface area contributed by atoms with Crippen molar-refractivity contribution in [3.63, 3.8) is 0 Å². The molecule has 0 bridgehead atoms. The summed E-state index contributed by atoms with van der Waals surface area (Å²) in [4.78, 5) is 0. The van der Waals surface area contributed by atoms with Crippen molar-refractivity contribution in [1.82, 2.24) is 8.75 Å². The molecule has 0 aliphatic carbocycles. The van der Waals surface area contributed by atoms with Crippen LogP contribution in [0.15, 0.2) is 36.4 Å². The highest BCUT2D eigenvalue weighted by atomic mass is 32.1. The Morgan fingerprint density at radius 1 is 0.893 bits per heavy atom. The summed E-state index contributed by atoms with van der Waals surface area (Å²) in [5.41, 5.74) is 3.72. The van der Waals surface area contributed by atoms with E-state index >= 15 is 0 Å². The van der Waals surface area contributed by atoms with Crippen molar-refractivity contribution in [3.05, 3.63) is 58.9 Å². The molecular weight excluding hydrogens is 384 g/mol. The van der Waals surface area contributed by atoms with Crippen LogP contribution in [0.2, 0.25) is 0 Å². The summed E-state index contributed by atoms with van der Waals surface area (Å²) in [6.45, 7) is 7.92. The first-order valence-corrected chi connectivity index (χ1v) is 10.4. The second-order valence-corrected chi connectivity index (χ2v) is 8.84. The summed E-state index contributed by atoms with van der Waals surface area (Å²) in [6.07, 6.45) is 0.406. The molecule has 2 heterocycles. The number of fused-ring (bicyclic) bond motifs is 2. The molecule has 0 atom stereocenters. The lowest BCUT2D eigenvalue weighted by Gasteiger charge is -2.12. The molecule has 0 spiro atoms. The van der Waals surface area contributed by atoms with Crippen LogP contribution in [0.4, 0.5) is 0 Å². The molecule has 0 aliphatic rings. The van der Waals surface area contributed by atoms with Gasteiger partial charge in [-0.15, -0.1) is 0 Å². The van der Waals surface area contributed by atoms with Gasteiger partial charge in [-0.2, -0.15) is 19.3 Å². The maximum absolute atomic E-state index is 9.11. The highest BCUT2D eigenvalue weighted by Crippen LogP contribution is 2.32. The zero-order chi connectivity index (χ0) is 20.3. The fourth-order valence-electron chi connectivity index (χ4n) is 2.86. The number of hydrogen-bond acceptors (Lipinski definition) is 6. The molecule has 0 saturated carbocycles. The van der Waals surface area contributed by atoms with E-state index in [-0.39, 0.29) is 0 Å². The van der Waals surface area contributed by atoms with Gasteiger partial charge in [0.2, 0.25) is 0 Å². The largest absolute Gasteiger partial charge is 0.198 e. The highest BCUT2D eigenvalue weighted by Gasteiger charge is 2.25. The fraction of sp³-hybridized carbons (Fsp3) is 0.273. The first-order chi connectivity index (χ1) is 13.4. The third-order valence-corrected chi connectivity index (χ3v) is 6.13. The van der Waals surface area contributed by atoms with Gasteiger partial charge in [0, 0.05) is 10.8 Å². The maximum atomic E-state index is 9.11. The van der Waals surface area contributed by atoms with Crippen molar-refractivity contribution >= 4 is 43.2 Å². The molecule has 4 rings (SSSR count). The molecule has 0 amide bonds. The predicted octanol–water partition coefficient (Wildman–Crippen LogP) is 6.08. The number of aromatic nitrogens is 2. The van der Waals surface area contributed by atoms with Crippen molar-refractivity contribution < 1.29 is 0 Å². The van der Waals surface area contributed by atoms with Crippen molar-refractivity contribution in [2.24, 2.45) is 0 Å². The monoisotopic (exact) mass is 404 g/mol. The van der Waals surface area contributed by atoms with E-state index in [0.717, 1.165) is 31.6 Å². The van der Waals surface area contributed by atoms with Gasteiger partial charge in [0.05, 0.1) is 44.8 Å². The zero-order valence-electron chi connectivity index (χ0n) is 16.3. The first-order valence-electron chi connectivity index (χ1n) is 8.85. The van der Waals surface area contributed by atoms with E-state index < -0.39 is 5.41 Å². The van der Waals surface area contributed by atoms with Crippen LogP contribution >= 0.6 is 23.1 Å². The number of nitrogens with zero attached hydrogens (tertiary/aromatic N) is 4. The molecule has 0 aliphatic heterocycles. The van der Waals surface area contributed by atoms with E-state index in [0.29, 0.717) is 6.42 Å². The van der Waals surface area contributed by atoms with E-state index in [1.807, 2.05) is 20.8 Å². The zero-order valence-corrected chi connectivity index (χ0v) is 17.9. The van der Waals surface area contributed by atoms with Crippen molar-refractivity contribution in [3.8, 4) is 12.1 Å². The molecule has 28 heavy (non-hydrogen) atoms. The molecule has 4 aromatic rings. The summed E-state index contributed by atoms with van der Waals surface area (Å²) >= 11 is 2.93. The van der Waals surface area contributed by atoms with Gasteiger partial charge in [-0.3, -0.25) is 0 Å². The quantitative estimate of drug-likeness (QED) is 0.406. The second kappa shape index (κ2) is 8.06. The van der Waals surface area contributed by atoms with Crippen molar-refractivity contribution in [2.75, 3.05) is 0 Å². The number of benzene rings is 2. The third kappa shape index (κ3) is 4.04. The topological polar surface area (TPSA) is 73.4 Å². The predicted molar refractivity (Wildman–Crippen MR) is 117 cm³/mol. The molecule has 0 N–H and O–H groups in total. The molecule has 4 nitrogen and oxygen atoms in total. The fourth-order valence-corrected chi connectivity index (χ4v) is 4.54. The van der Waals surface area contributed by atoms with Gasteiger partial charge in [-0.05, 0) is 75.0 Å². The van der Waals surface area contributed by atoms with Crippen LogP contribution in [0.3, 0.4) is 0 Å². The minimum atomic E-state index is -0.508. The van der Waals surface area contributed by atoms with Crippen LogP contribution in [-0.2, 0) is 11.8 Å². The van der Waals surface area contributed by atoms with E-state index in [1.54, 1.807) is 0 Å². The Balaban J connectivity index is 0.000000162. The van der Waals surface area contributed by atoms with E-state index in [9.17, 15) is 0 Å². The van der Waals surface area contributed by atoms with Crippen molar-refractivity contribution in [2.45, 2.75) is 39.5 Å². The minimum absolute atomic E-state index is 0.406. The van der Waals surface area contributed by atoms with Crippen LogP contribution in [0, 0.1) is 36.5 Å². The van der Waals surface area contributed by atoms with Gasteiger partial charge in [0.25, 0.3) is 0 Å². The molecule has 6 heteroatoms. The Hall–Kier alpha value is -2.80. The molecule has 0 saturated heterocycles. The molecular formula is C22H20N4S2. The van der Waals surface area contributed by atoms with Gasteiger partial charge in [-0.25, -0.2) is 0 Å². The van der Waals surface area contributed by atoms with Crippen LogP contribution in [0.25, 0.3) is 20.2 Å². The SMILES string of the molecule is Cc1ccc2snc(C(C)(C)C#N)c2c1.Cc1ccc2snc(CC#N)c2c1. The summed E-state index contributed by atoms with van der Waals surface area (Å²) in [7, 11) is 0. The standard InChI is InChI=1S/C12H12N2S.C10H8N2S/c1-8-4-5-10-9(6-8)11(14-15-10)12(2,3)7-13;1-7-2-3-10-8(6-7)9(4-5-11)12-13-10/h4-6H,1-3H3;2-3,6H,4H2,1H3. The smallest absolute Gasteiger partial charge is 0.0954 e. The van der Waals surface area contributed by atoms with Crippen LogP contribution in [0.5, 0.6) is 0 Å². The molecule has 0 radical (unpaired) electrons. The number of hydrogen-bond donors (Lipinski definition) is 0. The first kappa shape index (κ1) is 19.9. The lowest BCUT2D eigenvalue weighted by atomic mass is 9.89. The summed E-state index contributed by atoms with van der Waals surface area (Å²) in [6, 6.07) is 16.9. The van der Waals surface area contributed by atoms with Gasteiger partial charge in [-0.1, -0.05) is 23.3 Å². The third-order valence-electron chi connectivity index (χ3n) is 4.44. The van der Waals surface area contributed by atoms with E-state index in [2.05, 4.69) is 64.2 Å². The van der Waals surface area contributed by atoms with Gasteiger partial charge >= 0.3 is 0 Å². The average Bonchev–Trinajstić information content (AvgIpc) is 3.27. The maximum Gasteiger partial charge on any atom is 0.0954 e. The molecule has 2 aromatic heterocycles. The lowest BCUT2D eigenvalue weighted by Crippen LogP contribution is -2.14. The normalized spacial score (nSPS) is 10.9. The summed E-state index contributed by atoms with van der Waals surface area (Å²) < 4.78 is 11.0. The molecule has 0 fully saturated rings. The second-order valence-electron chi connectivity index (χ2n) is 7.23. The number of aryl methyl sites for hydroxylation is 2. The van der Waals surface area contributed by atoms with Crippen molar-refractivity contribution in [1.29, 1.82) is 10.5 Å². The Labute approximate surface area is 173 Å². The van der Waals surface area contributed by atoms with E-state index in [1.165, 1.54) is 34.2 Å². The lowest BCUT2D eigenvalue weighted by molar-refractivity contribution is 0.676. The van der Waals surface area contributed by atoms with Gasteiger partial charge in [0.1, 0.15) is 0 Å². The molecule has 140 valence electrons. The highest BCUT2D eigenvalue weighted by molar-refractivity contribution is 7.13. The van der Waals surface area contributed by atoms with Crippen LogP contribution < -0.4 is 0 Å². The number of nitriles is 2. The summed E-state index contributed by atoms with van der Waals surface area (Å²) in [5, 5.41) is 19.9. The number of rotatable bonds is 2. The van der Waals surface area contributed by atoms with Crippen LogP contribution in [0.1, 0.15) is 36.4 Å². The van der Waals surface area contributed by atoms with Gasteiger partial charge in [0.15, 0.2) is 0 Å². The Morgan fingerprint density at radius 2 is 1.46 bits per heavy atom. The Kier molecular flexibility index (Phi) is 5.74. The Morgan fingerprint density at radius 3 is 2.07 bits per heavy atom. The average molecular weight is 405 g/mol. The summed E-state index contributed by atoms with van der Waals surface area (Å²) in [5.74, 6) is 0. The van der Waals surface area contributed by atoms with Crippen LogP contribution in [-0.4, -0.2) is 8.75 Å². The Bertz CT molecular complexity index is 1220. The van der Waals surface area contributed by atoms with E-state index in [4.69, 9.17) is 10.5 Å². The minimum Gasteiger partial charge on any atom is -0.198 e. The molecule has 2 aromatic carbocycles. The van der Waals surface area contributed by atoms with Gasteiger partial charge < -0.3 is 0 Å². The molecule has 0 unspecified atom stereocenters.